The van der Waals surface area contributed by atoms with E-state index in [0.717, 1.165) is 22.2 Å². The number of nitrogens with zero attached hydrogens (tertiary/aromatic N) is 2. The van der Waals surface area contributed by atoms with Gasteiger partial charge in [0, 0.05) is 31.0 Å². The average molecular weight is 394 g/mol. The van der Waals surface area contributed by atoms with E-state index >= 15 is 0 Å². The van der Waals surface area contributed by atoms with Crippen LogP contribution in [0.2, 0.25) is 5.02 Å². The van der Waals surface area contributed by atoms with E-state index in [1.54, 1.807) is 21.4 Å². The molecule has 6 heteroatoms. The lowest BCUT2D eigenvalue weighted by molar-refractivity contribution is 0.292. The minimum absolute atomic E-state index is 0.0916. The van der Waals surface area contributed by atoms with Gasteiger partial charge in [0.15, 0.2) is 0 Å². The van der Waals surface area contributed by atoms with E-state index in [9.17, 15) is 4.79 Å². The van der Waals surface area contributed by atoms with Crippen LogP contribution in [0.1, 0.15) is 5.56 Å². The first-order valence-corrected chi connectivity index (χ1v) is 9.45. The standard InChI is InChI=1S/C22H20ClN3O2/c23-21-19(17-5-2-1-3-6-17)7-4-8-20(21)26-15-18-13-16(14-24-10-12-27)9-11-25(18)22(26)28/h1-9,11,13,15,24,27H,10,12,14H2. The molecule has 142 valence electrons. The van der Waals surface area contributed by atoms with Gasteiger partial charge in [-0.3, -0.25) is 8.97 Å². The molecule has 4 aromatic rings. The van der Waals surface area contributed by atoms with Gasteiger partial charge in [-0.25, -0.2) is 4.79 Å². The molecule has 0 atom stereocenters. The number of hydrogen-bond donors (Lipinski definition) is 2. The van der Waals surface area contributed by atoms with Gasteiger partial charge in [0.2, 0.25) is 0 Å². The van der Waals surface area contributed by atoms with Crippen LogP contribution in [-0.2, 0) is 6.54 Å². The number of aliphatic hydroxyl groups excluding tert-OH is 1. The Kier molecular flexibility index (Phi) is 5.30. The Hall–Kier alpha value is -2.86. The third-order valence-electron chi connectivity index (χ3n) is 4.66. The normalized spacial score (nSPS) is 11.2. The van der Waals surface area contributed by atoms with E-state index in [1.807, 2.05) is 60.7 Å². The summed E-state index contributed by atoms with van der Waals surface area (Å²) in [5.41, 5.74) is 4.19. The Labute approximate surface area is 167 Å². The molecule has 0 spiro atoms. The zero-order chi connectivity index (χ0) is 19.5. The first kappa shape index (κ1) is 18.5. The molecule has 4 rings (SSSR count). The van der Waals surface area contributed by atoms with Crippen molar-refractivity contribution in [1.82, 2.24) is 14.3 Å². The van der Waals surface area contributed by atoms with Gasteiger partial charge in [0.1, 0.15) is 0 Å². The minimum atomic E-state index is -0.169. The monoisotopic (exact) mass is 393 g/mol. The van der Waals surface area contributed by atoms with Gasteiger partial charge in [-0.1, -0.05) is 54.1 Å². The molecule has 28 heavy (non-hydrogen) atoms. The molecule has 0 amide bonds. The quantitative estimate of drug-likeness (QED) is 0.493. The summed E-state index contributed by atoms with van der Waals surface area (Å²) in [7, 11) is 0. The van der Waals surface area contributed by atoms with Crippen molar-refractivity contribution in [3.8, 4) is 16.8 Å². The molecule has 0 radical (unpaired) electrons. The Bertz CT molecular complexity index is 1170. The van der Waals surface area contributed by atoms with E-state index < -0.39 is 0 Å². The molecule has 2 aromatic heterocycles. The molecule has 0 saturated carbocycles. The summed E-state index contributed by atoms with van der Waals surface area (Å²) in [5.74, 6) is 0. The fourth-order valence-electron chi connectivity index (χ4n) is 3.28. The maximum atomic E-state index is 12.9. The van der Waals surface area contributed by atoms with Crippen molar-refractivity contribution in [3.63, 3.8) is 0 Å². The highest BCUT2D eigenvalue weighted by molar-refractivity contribution is 6.35. The van der Waals surface area contributed by atoms with Crippen molar-refractivity contribution in [3.05, 3.63) is 94.1 Å². The van der Waals surface area contributed by atoms with E-state index in [0.29, 0.717) is 23.8 Å². The third kappa shape index (κ3) is 3.47. The Morgan fingerprint density at radius 1 is 1.04 bits per heavy atom. The van der Waals surface area contributed by atoms with Gasteiger partial charge in [0.05, 0.1) is 22.8 Å². The summed E-state index contributed by atoms with van der Waals surface area (Å²) in [4.78, 5) is 12.9. The van der Waals surface area contributed by atoms with Crippen LogP contribution in [0.3, 0.4) is 0 Å². The molecule has 0 bridgehead atoms. The van der Waals surface area contributed by atoms with Crippen molar-refractivity contribution in [2.75, 3.05) is 13.2 Å². The average Bonchev–Trinajstić information content (AvgIpc) is 3.05. The van der Waals surface area contributed by atoms with Crippen LogP contribution >= 0.6 is 11.6 Å². The number of halogens is 1. The van der Waals surface area contributed by atoms with E-state index in [2.05, 4.69) is 5.32 Å². The zero-order valence-corrected chi connectivity index (χ0v) is 15.9. The first-order valence-electron chi connectivity index (χ1n) is 9.07. The molecule has 2 aromatic carbocycles. The van der Waals surface area contributed by atoms with Crippen molar-refractivity contribution >= 4 is 17.1 Å². The molecule has 0 aliphatic carbocycles. The zero-order valence-electron chi connectivity index (χ0n) is 15.2. The second-order valence-electron chi connectivity index (χ2n) is 6.52. The first-order chi connectivity index (χ1) is 13.7. The van der Waals surface area contributed by atoms with Crippen LogP contribution in [0.5, 0.6) is 0 Å². The third-order valence-corrected chi connectivity index (χ3v) is 5.06. The van der Waals surface area contributed by atoms with Crippen LogP contribution in [0, 0.1) is 0 Å². The lowest BCUT2D eigenvalue weighted by Crippen LogP contribution is -2.19. The molecule has 0 fully saturated rings. The highest BCUT2D eigenvalue weighted by atomic mass is 35.5. The van der Waals surface area contributed by atoms with Crippen molar-refractivity contribution in [2.45, 2.75) is 6.54 Å². The summed E-state index contributed by atoms with van der Waals surface area (Å²) >= 11 is 6.69. The molecular formula is C22H20ClN3O2. The molecule has 0 aliphatic heterocycles. The molecule has 5 nitrogen and oxygen atoms in total. The van der Waals surface area contributed by atoms with E-state index in [-0.39, 0.29) is 12.3 Å². The number of hydrogen-bond acceptors (Lipinski definition) is 3. The van der Waals surface area contributed by atoms with Crippen LogP contribution in [-0.4, -0.2) is 27.2 Å². The number of imidazole rings is 1. The highest BCUT2D eigenvalue weighted by Crippen LogP contribution is 2.32. The maximum Gasteiger partial charge on any atom is 0.337 e. The minimum Gasteiger partial charge on any atom is -0.395 e. The van der Waals surface area contributed by atoms with E-state index in [1.165, 1.54) is 0 Å². The molecule has 0 aliphatic rings. The summed E-state index contributed by atoms with van der Waals surface area (Å²) in [6.45, 7) is 1.25. The fourth-order valence-corrected chi connectivity index (χ4v) is 3.61. The van der Waals surface area contributed by atoms with Gasteiger partial charge < -0.3 is 10.4 Å². The van der Waals surface area contributed by atoms with Gasteiger partial charge in [-0.05, 0) is 29.3 Å². The number of pyridine rings is 1. The Morgan fingerprint density at radius 3 is 2.64 bits per heavy atom. The predicted octanol–water partition coefficient (Wildman–Crippen LogP) is 3.49. The summed E-state index contributed by atoms with van der Waals surface area (Å²) in [6.07, 6.45) is 3.56. The number of benzene rings is 2. The predicted molar refractivity (Wildman–Crippen MR) is 112 cm³/mol. The summed E-state index contributed by atoms with van der Waals surface area (Å²) in [5, 5.41) is 12.6. The van der Waals surface area contributed by atoms with Crippen LogP contribution in [0.4, 0.5) is 0 Å². The van der Waals surface area contributed by atoms with Gasteiger partial charge in [-0.2, -0.15) is 0 Å². The number of rotatable bonds is 6. The van der Waals surface area contributed by atoms with Gasteiger partial charge in [0.25, 0.3) is 0 Å². The number of fused-ring (bicyclic) bond motifs is 1. The van der Waals surface area contributed by atoms with Crippen molar-refractivity contribution < 1.29 is 5.11 Å². The van der Waals surface area contributed by atoms with Crippen LogP contribution < -0.4 is 11.0 Å². The SMILES string of the molecule is O=c1n(-c2cccc(-c3ccccc3)c2Cl)cc2cc(CNCCO)ccn12. The van der Waals surface area contributed by atoms with Crippen LogP contribution in [0.15, 0.2) is 77.9 Å². The molecule has 0 saturated heterocycles. The molecule has 2 N–H and O–H groups in total. The second-order valence-corrected chi connectivity index (χ2v) is 6.89. The second kappa shape index (κ2) is 8.02. The van der Waals surface area contributed by atoms with Crippen LogP contribution in [0.25, 0.3) is 22.3 Å². The lowest BCUT2D eigenvalue weighted by Gasteiger charge is -2.09. The number of nitrogens with one attached hydrogen (secondary N) is 1. The van der Waals surface area contributed by atoms with Gasteiger partial charge >= 0.3 is 5.69 Å². The molecular weight excluding hydrogens is 374 g/mol. The summed E-state index contributed by atoms with van der Waals surface area (Å²) < 4.78 is 3.18. The maximum absolute atomic E-state index is 12.9. The van der Waals surface area contributed by atoms with Crippen molar-refractivity contribution in [1.29, 1.82) is 0 Å². The molecule has 0 unspecified atom stereocenters. The van der Waals surface area contributed by atoms with Gasteiger partial charge in [-0.15, -0.1) is 0 Å². The number of aliphatic hydroxyl groups is 1. The topological polar surface area (TPSA) is 58.7 Å². The fraction of sp³-hybridized carbons (Fsp3) is 0.136. The number of aromatic nitrogens is 2. The lowest BCUT2D eigenvalue weighted by atomic mass is 10.1. The van der Waals surface area contributed by atoms with Crippen molar-refractivity contribution in [2.24, 2.45) is 0 Å². The Morgan fingerprint density at radius 2 is 1.86 bits per heavy atom. The highest BCUT2D eigenvalue weighted by Gasteiger charge is 2.13. The summed E-state index contributed by atoms with van der Waals surface area (Å²) in [6, 6.07) is 19.4. The largest absolute Gasteiger partial charge is 0.395 e. The van der Waals surface area contributed by atoms with E-state index in [4.69, 9.17) is 16.7 Å². The Balaban J connectivity index is 1.77. The molecule has 2 heterocycles. The smallest absolute Gasteiger partial charge is 0.337 e.